The summed E-state index contributed by atoms with van der Waals surface area (Å²) in [6, 6.07) is 0.532. The molecule has 2 aliphatic rings. The second-order valence-electron chi connectivity index (χ2n) is 4.71. The Morgan fingerprint density at radius 1 is 1.31 bits per heavy atom. The van der Waals surface area contributed by atoms with Crippen LogP contribution in [0.3, 0.4) is 0 Å². The Labute approximate surface area is 80.1 Å². The molecule has 0 spiro atoms. The molecule has 0 heterocycles. The van der Waals surface area contributed by atoms with Crippen molar-refractivity contribution in [1.82, 2.24) is 5.32 Å². The molecule has 2 unspecified atom stereocenters. The molecule has 0 bridgehead atoms. The molecule has 74 valence electrons. The maximum atomic E-state index is 11.5. The van der Waals surface area contributed by atoms with E-state index in [1.165, 1.54) is 32.1 Å². The number of hydrogen-bond donors (Lipinski definition) is 1. The number of rotatable bonds is 3. The molecule has 2 fully saturated rings. The Bertz CT molecular complexity index is 198. The molecule has 1 amide bonds. The van der Waals surface area contributed by atoms with Crippen molar-refractivity contribution >= 4 is 5.91 Å². The van der Waals surface area contributed by atoms with E-state index in [1.54, 1.807) is 0 Å². The van der Waals surface area contributed by atoms with Crippen LogP contribution in [-0.2, 0) is 4.79 Å². The maximum Gasteiger partial charge on any atom is 0.220 e. The van der Waals surface area contributed by atoms with Crippen LogP contribution in [0.4, 0.5) is 0 Å². The van der Waals surface area contributed by atoms with E-state index in [4.69, 9.17) is 0 Å². The van der Waals surface area contributed by atoms with Crippen LogP contribution in [0, 0.1) is 11.8 Å². The average molecular weight is 181 g/mol. The zero-order chi connectivity index (χ0) is 9.26. The van der Waals surface area contributed by atoms with Crippen LogP contribution in [0.15, 0.2) is 0 Å². The van der Waals surface area contributed by atoms with Gasteiger partial charge < -0.3 is 5.32 Å². The highest BCUT2D eigenvalue weighted by molar-refractivity contribution is 5.76. The van der Waals surface area contributed by atoms with E-state index in [9.17, 15) is 4.79 Å². The quantitative estimate of drug-likeness (QED) is 0.709. The Balaban J connectivity index is 1.72. The zero-order valence-electron chi connectivity index (χ0n) is 8.38. The SMILES string of the molecule is CC1CCCC1CC(=O)NC1CC1. The first-order valence-electron chi connectivity index (χ1n) is 5.55. The lowest BCUT2D eigenvalue weighted by Gasteiger charge is -2.14. The summed E-state index contributed by atoms with van der Waals surface area (Å²) in [7, 11) is 0. The third-order valence-electron chi connectivity index (χ3n) is 3.43. The Kier molecular flexibility index (Phi) is 2.56. The highest BCUT2D eigenvalue weighted by atomic mass is 16.1. The van der Waals surface area contributed by atoms with E-state index in [0.717, 1.165) is 12.3 Å². The van der Waals surface area contributed by atoms with Gasteiger partial charge in [0.1, 0.15) is 0 Å². The fourth-order valence-corrected chi connectivity index (χ4v) is 2.28. The first kappa shape index (κ1) is 9.04. The molecule has 0 aromatic rings. The van der Waals surface area contributed by atoms with Crippen molar-refractivity contribution in [3.8, 4) is 0 Å². The highest BCUT2D eigenvalue weighted by Gasteiger charge is 2.28. The first-order valence-corrected chi connectivity index (χ1v) is 5.55. The Hall–Kier alpha value is -0.530. The van der Waals surface area contributed by atoms with Crippen molar-refractivity contribution in [1.29, 1.82) is 0 Å². The summed E-state index contributed by atoms with van der Waals surface area (Å²) in [4.78, 5) is 11.5. The van der Waals surface area contributed by atoms with Gasteiger partial charge in [0.25, 0.3) is 0 Å². The van der Waals surface area contributed by atoms with E-state index in [2.05, 4.69) is 12.2 Å². The molecule has 2 heteroatoms. The lowest BCUT2D eigenvalue weighted by Crippen LogP contribution is -2.27. The number of nitrogens with one attached hydrogen (secondary N) is 1. The van der Waals surface area contributed by atoms with E-state index in [-0.39, 0.29) is 0 Å². The van der Waals surface area contributed by atoms with Crippen molar-refractivity contribution in [2.75, 3.05) is 0 Å². The van der Waals surface area contributed by atoms with E-state index >= 15 is 0 Å². The Morgan fingerprint density at radius 2 is 2.08 bits per heavy atom. The van der Waals surface area contributed by atoms with Gasteiger partial charge in [-0.3, -0.25) is 4.79 Å². The van der Waals surface area contributed by atoms with Gasteiger partial charge in [-0.15, -0.1) is 0 Å². The van der Waals surface area contributed by atoms with Gasteiger partial charge in [-0.05, 0) is 31.1 Å². The number of amides is 1. The van der Waals surface area contributed by atoms with E-state index in [0.29, 0.717) is 17.9 Å². The minimum atomic E-state index is 0.293. The number of carbonyl (C=O) groups is 1. The Morgan fingerprint density at radius 3 is 2.62 bits per heavy atom. The van der Waals surface area contributed by atoms with Crippen molar-refractivity contribution in [3.05, 3.63) is 0 Å². The van der Waals surface area contributed by atoms with Gasteiger partial charge in [0.2, 0.25) is 5.91 Å². The molecule has 2 saturated carbocycles. The molecule has 13 heavy (non-hydrogen) atoms. The predicted molar refractivity (Wildman–Crippen MR) is 52.3 cm³/mol. The molecule has 0 radical (unpaired) electrons. The molecule has 2 atom stereocenters. The summed E-state index contributed by atoms with van der Waals surface area (Å²) < 4.78 is 0. The van der Waals surface area contributed by atoms with Crippen molar-refractivity contribution in [2.24, 2.45) is 11.8 Å². The summed E-state index contributed by atoms with van der Waals surface area (Å²) in [6.45, 7) is 2.28. The van der Waals surface area contributed by atoms with Crippen LogP contribution in [0.5, 0.6) is 0 Å². The zero-order valence-corrected chi connectivity index (χ0v) is 8.38. The minimum Gasteiger partial charge on any atom is -0.353 e. The average Bonchev–Trinajstić information content (AvgIpc) is 2.79. The summed E-state index contributed by atoms with van der Waals surface area (Å²) in [5.74, 6) is 1.73. The second kappa shape index (κ2) is 3.69. The number of hydrogen-bond acceptors (Lipinski definition) is 1. The van der Waals surface area contributed by atoms with Crippen LogP contribution in [0.2, 0.25) is 0 Å². The number of carbonyl (C=O) groups excluding carboxylic acids is 1. The molecule has 0 aromatic heterocycles. The standard InChI is InChI=1S/C11H19NO/c1-8-3-2-4-9(8)7-11(13)12-10-5-6-10/h8-10H,2-7H2,1H3,(H,12,13). The molecule has 0 aliphatic heterocycles. The van der Waals surface area contributed by atoms with Crippen LogP contribution in [-0.4, -0.2) is 11.9 Å². The lowest BCUT2D eigenvalue weighted by atomic mass is 9.94. The predicted octanol–water partition coefficient (Wildman–Crippen LogP) is 2.09. The molecule has 0 aromatic carbocycles. The van der Waals surface area contributed by atoms with Gasteiger partial charge >= 0.3 is 0 Å². The van der Waals surface area contributed by atoms with Crippen molar-refractivity contribution < 1.29 is 4.79 Å². The van der Waals surface area contributed by atoms with Gasteiger partial charge in [0.15, 0.2) is 0 Å². The summed E-state index contributed by atoms with van der Waals surface area (Å²) in [5, 5.41) is 3.06. The molecular formula is C11H19NO. The molecular weight excluding hydrogens is 162 g/mol. The van der Waals surface area contributed by atoms with E-state index in [1.807, 2.05) is 0 Å². The topological polar surface area (TPSA) is 29.1 Å². The largest absolute Gasteiger partial charge is 0.353 e. The minimum absolute atomic E-state index is 0.293. The van der Waals surface area contributed by atoms with Crippen molar-refractivity contribution in [3.63, 3.8) is 0 Å². The van der Waals surface area contributed by atoms with Gasteiger partial charge in [0, 0.05) is 12.5 Å². The van der Waals surface area contributed by atoms with Gasteiger partial charge in [0.05, 0.1) is 0 Å². The first-order chi connectivity index (χ1) is 6.25. The third-order valence-corrected chi connectivity index (χ3v) is 3.43. The second-order valence-corrected chi connectivity index (χ2v) is 4.71. The van der Waals surface area contributed by atoms with Crippen LogP contribution < -0.4 is 5.32 Å². The lowest BCUT2D eigenvalue weighted by molar-refractivity contribution is -0.122. The van der Waals surface area contributed by atoms with Gasteiger partial charge in [-0.25, -0.2) is 0 Å². The van der Waals surface area contributed by atoms with Crippen molar-refractivity contribution in [2.45, 2.75) is 51.5 Å². The van der Waals surface area contributed by atoms with E-state index < -0.39 is 0 Å². The summed E-state index contributed by atoms with van der Waals surface area (Å²) >= 11 is 0. The van der Waals surface area contributed by atoms with Gasteiger partial charge in [-0.1, -0.05) is 19.8 Å². The van der Waals surface area contributed by atoms with Crippen LogP contribution in [0.25, 0.3) is 0 Å². The third kappa shape index (κ3) is 2.45. The fraction of sp³-hybridized carbons (Fsp3) is 0.909. The molecule has 2 nitrogen and oxygen atoms in total. The van der Waals surface area contributed by atoms with Gasteiger partial charge in [-0.2, -0.15) is 0 Å². The summed E-state index contributed by atoms with van der Waals surface area (Å²) in [5.41, 5.74) is 0. The normalized spacial score (nSPS) is 33.3. The molecule has 2 aliphatic carbocycles. The molecule has 1 N–H and O–H groups in total. The molecule has 2 rings (SSSR count). The smallest absolute Gasteiger partial charge is 0.220 e. The highest BCUT2D eigenvalue weighted by Crippen LogP contribution is 2.33. The fourth-order valence-electron chi connectivity index (χ4n) is 2.28. The van der Waals surface area contributed by atoms with Crippen LogP contribution in [0.1, 0.15) is 45.4 Å². The monoisotopic (exact) mass is 181 g/mol. The maximum absolute atomic E-state index is 11.5. The van der Waals surface area contributed by atoms with Crippen LogP contribution >= 0.6 is 0 Å². The molecule has 0 saturated heterocycles. The summed E-state index contributed by atoms with van der Waals surface area (Å²) in [6.07, 6.45) is 7.08.